The van der Waals surface area contributed by atoms with Gasteiger partial charge in [0.2, 0.25) is 0 Å². The molecule has 27 heavy (non-hydrogen) atoms. The molecule has 0 atom stereocenters. The molecule has 1 saturated carbocycles. The highest BCUT2D eigenvalue weighted by Crippen LogP contribution is 2.45. The zero-order valence-corrected chi connectivity index (χ0v) is 17.6. The van der Waals surface area contributed by atoms with Crippen LogP contribution in [0.25, 0.3) is 11.1 Å². The smallest absolute Gasteiger partial charge is 0.379 e. The van der Waals surface area contributed by atoms with Crippen LogP contribution in [0, 0.1) is 0 Å². The SMILES string of the molecule is COc1ccc2c(c1)Cc1c-2ccc(OC)c1[Si](OC)(OC)C1CCCC1. The van der Waals surface area contributed by atoms with E-state index in [2.05, 4.69) is 24.3 Å². The number of hydrogen-bond acceptors (Lipinski definition) is 4. The summed E-state index contributed by atoms with van der Waals surface area (Å²) >= 11 is 0. The fourth-order valence-corrected chi connectivity index (χ4v) is 9.03. The van der Waals surface area contributed by atoms with E-state index in [1.54, 1.807) is 14.2 Å². The van der Waals surface area contributed by atoms with E-state index < -0.39 is 8.56 Å². The summed E-state index contributed by atoms with van der Waals surface area (Å²) in [7, 11) is 4.47. The van der Waals surface area contributed by atoms with E-state index in [9.17, 15) is 0 Å². The first-order chi connectivity index (χ1) is 13.2. The summed E-state index contributed by atoms with van der Waals surface area (Å²) in [5.74, 6) is 1.80. The van der Waals surface area contributed by atoms with E-state index in [0.717, 1.165) is 17.9 Å². The Morgan fingerprint density at radius 2 is 1.56 bits per heavy atom. The molecule has 0 aliphatic heterocycles. The second-order valence-corrected chi connectivity index (χ2v) is 10.9. The molecule has 5 heteroatoms. The van der Waals surface area contributed by atoms with E-state index in [1.165, 1.54) is 53.1 Å². The number of hydrogen-bond donors (Lipinski definition) is 0. The van der Waals surface area contributed by atoms with Crippen LogP contribution < -0.4 is 14.7 Å². The van der Waals surface area contributed by atoms with Crippen LogP contribution in [-0.4, -0.2) is 37.0 Å². The number of benzene rings is 2. The molecule has 0 heterocycles. The van der Waals surface area contributed by atoms with Gasteiger partial charge in [-0.2, -0.15) is 0 Å². The zero-order chi connectivity index (χ0) is 19.0. The van der Waals surface area contributed by atoms with Gasteiger partial charge in [0.05, 0.1) is 14.2 Å². The van der Waals surface area contributed by atoms with Crippen molar-refractivity contribution in [3.63, 3.8) is 0 Å². The first-order valence-electron chi connectivity index (χ1n) is 9.66. The summed E-state index contributed by atoms with van der Waals surface area (Å²) in [6.07, 6.45) is 5.70. The van der Waals surface area contributed by atoms with E-state index in [4.69, 9.17) is 18.3 Å². The molecule has 0 unspecified atom stereocenters. The molecule has 0 aromatic heterocycles. The summed E-state index contributed by atoms with van der Waals surface area (Å²) in [5.41, 5.74) is 5.61. The van der Waals surface area contributed by atoms with Crippen molar-refractivity contribution in [2.45, 2.75) is 37.6 Å². The second kappa shape index (κ2) is 7.30. The Bertz CT molecular complexity index is 838. The maximum absolute atomic E-state index is 6.28. The van der Waals surface area contributed by atoms with Crippen molar-refractivity contribution in [2.75, 3.05) is 28.4 Å². The summed E-state index contributed by atoms with van der Waals surface area (Å²) in [6, 6.07) is 10.6. The molecule has 144 valence electrons. The van der Waals surface area contributed by atoms with Gasteiger partial charge in [0.15, 0.2) is 0 Å². The van der Waals surface area contributed by atoms with Crippen molar-refractivity contribution in [1.82, 2.24) is 0 Å². The monoisotopic (exact) mass is 384 g/mol. The minimum absolute atomic E-state index is 0.464. The number of fused-ring (bicyclic) bond motifs is 3. The number of methoxy groups -OCH3 is 2. The van der Waals surface area contributed by atoms with Gasteiger partial charge in [0.25, 0.3) is 0 Å². The maximum atomic E-state index is 6.28. The lowest BCUT2D eigenvalue weighted by Crippen LogP contribution is -2.57. The summed E-state index contributed by atoms with van der Waals surface area (Å²) < 4.78 is 23.8. The lowest BCUT2D eigenvalue weighted by atomic mass is 10.1. The average molecular weight is 385 g/mol. The normalized spacial score (nSPS) is 16.3. The minimum atomic E-state index is -2.63. The van der Waals surface area contributed by atoms with Gasteiger partial charge in [0, 0.05) is 24.9 Å². The highest BCUT2D eigenvalue weighted by molar-refractivity contribution is 6.83. The third-order valence-corrected chi connectivity index (χ3v) is 10.4. The van der Waals surface area contributed by atoms with Crippen molar-refractivity contribution in [2.24, 2.45) is 0 Å². The Labute approximate surface area is 162 Å². The van der Waals surface area contributed by atoms with Crippen LogP contribution in [0.3, 0.4) is 0 Å². The molecule has 0 saturated heterocycles. The van der Waals surface area contributed by atoms with Gasteiger partial charge in [-0.1, -0.05) is 25.0 Å². The van der Waals surface area contributed by atoms with Crippen LogP contribution >= 0.6 is 0 Å². The lowest BCUT2D eigenvalue weighted by Gasteiger charge is -2.35. The largest absolute Gasteiger partial charge is 0.497 e. The Morgan fingerprint density at radius 3 is 2.19 bits per heavy atom. The van der Waals surface area contributed by atoms with Crippen molar-refractivity contribution < 1.29 is 18.3 Å². The van der Waals surface area contributed by atoms with Crippen LogP contribution in [0.4, 0.5) is 0 Å². The fourth-order valence-electron chi connectivity index (χ4n) is 5.04. The Kier molecular flexibility index (Phi) is 5.01. The molecule has 0 spiro atoms. The van der Waals surface area contributed by atoms with Gasteiger partial charge in [-0.25, -0.2) is 0 Å². The highest BCUT2D eigenvalue weighted by Gasteiger charge is 2.51. The molecule has 4 nitrogen and oxygen atoms in total. The van der Waals surface area contributed by atoms with Crippen molar-refractivity contribution in [3.8, 4) is 22.6 Å². The van der Waals surface area contributed by atoms with Crippen LogP contribution in [-0.2, 0) is 15.3 Å². The van der Waals surface area contributed by atoms with Crippen molar-refractivity contribution >= 4 is 13.7 Å². The molecule has 2 aliphatic carbocycles. The molecule has 1 fully saturated rings. The van der Waals surface area contributed by atoms with E-state index >= 15 is 0 Å². The molecule has 0 radical (unpaired) electrons. The Hall–Kier alpha value is -1.82. The minimum Gasteiger partial charge on any atom is -0.497 e. The molecular formula is C22H28O4Si. The maximum Gasteiger partial charge on any atom is 0.379 e. The summed E-state index contributed by atoms with van der Waals surface area (Å²) in [4.78, 5) is 0. The predicted molar refractivity (Wildman–Crippen MR) is 109 cm³/mol. The summed E-state index contributed by atoms with van der Waals surface area (Å²) in [5, 5.41) is 1.19. The molecule has 2 aliphatic rings. The van der Waals surface area contributed by atoms with Crippen molar-refractivity contribution in [3.05, 3.63) is 41.5 Å². The Morgan fingerprint density at radius 1 is 0.852 bits per heavy atom. The molecule has 2 aromatic rings. The fraction of sp³-hybridized carbons (Fsp3) is 0.455. The van der Waals surface area contributed by atoms with Gasteiger partial charge < -0.3 is 18.3 Å². The van der Waals surface area contributed by atoms with Crippen LogP contribution in [0.15, 0.2) is 30.3 Å². The number of rotatable bonds is 6. The van der Waals surface area contributed by atoms with E-state index in [0.29, 0.717) is 5.54 Å². The Balaban J connectivity index is 1.91. The van der Waals surface area contributed by atoms with Crippen LogP contribution in [0.1, 0.15) is 36.8 Å². The topological polar surface area (TPSA) is 36.9 Å². The van der Waals surface area contributed by atoms with Gasteiger partial charge in [-0.3, -0.25) is 0 Å². The van der Waals surface area contributed by atoms with Crippen LogP contribution in [0.5, 0.6) is 11.5 Å². The van der Waals surface area contributed by atoms with Gasteiger partial charge in [0.1, 0.15) is 11.5 Å². The number of ether oxygens (including phenoxy) is 2. The first kappa shape index (κ1) is 18.5. The van der Waals surface area contributed by atoms with E-state index in [1.807, 2.05) is 20.3 Å². The molecule has 4 rings (SSSR count). The quantitative estimate of drug-likeness (QED) is 0.598. The molecule has 0 N–H and O–H groups in total. The molecule has 0 bridgehead atoms. The second-order valence-electron chi connectivity index (χ2n) is 7.43. The third kappa shape index (κ3) is 2.80. The first-order valence-corrected chi connectivity index (χ1v) is 11.6. The summed E-state index contributed by atoms with van der Waals surface area (Å²) in [6.45, 7) is 0. The van der Waals surface area contributed by atoms with Crippen LogP contribution in [0.2, 0.25) is 5.54 Å². The average Bonchev–Trinajstić information content (AvgIpc) is 3.37. The van der Waals surface area contributed by atoms with E-state index in [-0.39, 0.29) is 0 Å². The lowest BCUT2D eigenvalue weighted by molar-refractivity contribution is 0.242. The zero-order valence-electron chi connectivity index (χ0n) is 16.6. The van der Waals surface area contributed by atoms with Gasteiger partial charge in [-0.05, 0) is 59.7 Å². The standard InChI is InChI=1S/C22H28O4Si/c1-23-16-9-10-18-15(13-16)14-20-19(18)11-12-21(24-2)22(20)27(25-3,26-4)17-7-5-6-8-17/h9-13,17H,5-8,14H2,1-4H3. The van der Waals surface area contributed by atoms with Crippen molar-refractivity contribution in [1.29, 1.82) is 0 Å². The van der Waals surface area contributed by atoms with Gasteiger partial charge in [-0.15, -0.1) is 0 Å². The molecule has 0 amide bonds. The predicted octanol–water partition coefficient (Wildman–Crippen LogP) is 4.16. The molecular weight excluding hydrogens is 356 g/mol. The van der Waals surface area contributed by atoms with Gasteiger partial charge >= 0.3 is 8.56 Å². The molecule has 2 aromatic carbocycles. The highest BCUT2D eigenvalue weighted by atomic mass is 28.4. The third-order valence-electron chi connectivity index (χ3n) is 6.31.